The number of hydrogen-bond donors (Lipinski definition) is 8. The second-order valence-corrected chi connectivity index (χ2v) is 19.1. The molecule has 0 aliphatic heterocycles. The van der Waals surface area contributed by atoms with Gasteiger partial charge in [0, 0.05) is 50.8 Å². The van der Waals surface area contributed by atoms with Crippen LogP contribution in [0.15, 0.2) is 46.2 Å². The number of nitrogens with one attached hydrogen (secondary N) is 6. The maximum absolute atomic E-state index is 12.4. The van der Waals surface area contributed by atoms with Gasteiger partial charge >= 0.3 is 118 Å². The van der Waals surface area contributed by atoms with Crippen molar-refractivity contribution in [3.63, 3.8) is 0 Å². The summed E-state index contributed by atoms with van der Waals surface area (Å²) in [6.45, 7) is 2.69. The average molecular weight is 1040 g/mol. The predicted molar refractivity (Wildman–Crippen MR) is 220 cm³/mol. The van der Waals surface area contributed by atoms with Gasteiger partial charge in [-0.05, 0) is 47.2 Å². The zero-order chi connectivity index (χ0) is 45.9. The van der Waals surface area contributed by atoms with Crippen LogP contribution in [0.2, 0.25) is 0 Å². The van der Waals surface area contributed by atoms with Gasteiger partial charge in [-0.15, -0.1) is 0 Å². The van der Waals surface area contributed by atoms with Crippen molar-refractivity contribution in [3.05, 3.63) is 47.5 Å². The number of rotatable bonds is 24. The summed E-state index contributed by atoms with van der Waals surface area (Å²) in [6, 6.07) is 6.82. The quantitative estimate of drug-likeness (QED) is 0.0183. The van der Waals surface area contributed by atoms with Crippen LogP contribution in [0.5, 0.6) is 0 Å². The Hall–Kier alpha value is -1.44. The first-order chi connectivity index (χ1) is 28.9. The van der Waals surface area contributed by atoms with Gasteiger partial charge in [0.2, 0.25) is 35.7 Å². The second-order valence-electron chi connectivity index (χ2n) is 13.3. The minimum Gasteiger partial charge on any atom is -0.748 e. The summed E-state index contributed by atoms with van der Waals surface area (Å²) >= 11 is 0. The van der Waals surface area contributed by atoms with Crippen molar-refractivity contribution in [2.75, 3.05) is 82.8 Å². The number of anilines is 8. The third-order valence-corrected chi connectivity index (χ3v) is 11.1. The number of aliphatic hydroxyl groups is 2. The van der Waals surface area contributed by atoms with Crippen molar-refractivity contribution in [3.8, 4) is 0 Å². The molecule has 8 N–H and O–H groups in total. The molecule has 26 nitrogen and oxygen atoms in total. The molecule has 2 heterocycles. The summed E-state index contributed by atoms with van der Waals surface area (Å²) in [7, 11) is -19.6. The van der Waals surface area contributed by atoms with Crippen molar-refractivity contribution in [1.29, 1.82) is 0 Å². The number of nitrogens with zero attached hydrogens (tertiary/aromatic N) is 6. The van der Waals surface area contributed by atoms with Gasteiger partial charge in [-0.2, -0.15) is 29.9 Å². The molecule has 2 aromatic heterocycles. The van der Waals surface area contributed by atoms with Gasteiger partial charge in [-0.25, -0.2) is 33.7 Å². The third-order valence-electron chi connectivity index (χ3n) is 7.90. The Kier molecular flexibility index (Phi) is 28.4. The van der Waals surface area contributed by atoms with Gasteiger partial charge in [-0.1, -0.05) is 38.1 Å². The minimum atomic E-state index is -5.23. The van der Waals surface area contributed by atoms with E-state index < -0.39 is 61.8 Å². The largest absolute Gasteiger partial charge is 1.00 e. The normalized spacial score (nSPS) is 12.5. The van der Waals surface area contributed by atoms with Crippen LogP contribution in [0.3, 0.4) is 0 Å². The van der Waals surface area contributed by atoms with Gasteiger partial charge in [0.15, 0.2) is 0 Å². The molecule has 0 saturated heterocycles. The van der Waals surface area contributed by atoms with Gasteiger partial charge in [0.25, 0.3) is 0 Å². The van der Waals surface area contributed by atoms with Crippen LogP contribution in [0.4, 0.5) is 47.1 Å². The Labute approximate surface area is 469 Å². The zero-order valence-corrected chi connectivity index (χ0v) is 47.8. The number of benzene rings is 2. The van der Waals surface area contributed by atoms with Crippen LogP contribution in [0, 0.1) is 11.8 Å². The molecule has 0 bridgehead atoms. The van der Waals surface area contributed by atoms with Gasteiger partial charge < -0.3 is 60.3 Å². The maximum atomic E-state index is 12.4. The van der Waals surface area contributed by atoms with Crippen LogP contribution in [-0.4, -0.2) is 143 Å². The first-order valence-electron chi connectivity index (χ1n) is 17.9. The topological polar surface area (TPSA) is 419 Å². The van der Waals surface area contributed by atoms with Gasteiger partial charge in [-0.3, -0.25) is 0 Å². The van der Waals surface area contributed by atoms with E-state index in [2.05, 4.69) is 61.8 Å². The van der Waals surface area contributed by atoms with Crippen LogP contribution in [-0.2, 0) is 40.5 Å². The molecular formula is C32H40N12Na4O14S4. The predicted octanol–water partition coefficient (Wildman–Crippen LogP) is -12.5. The molecule has 0 aliphatic carbocycles. The fraction of sp³-hybridized carbons (Fsp3) is 0.375. The molecule has 66 heavy (non-hydrogen) atoms. The molecule has 0 fully saturated rings. The molecule has 2 atom stereocenters. The van der Waals surface area contributed by atoms with Crippen molar-refractivity contribution < 1.29 is 180 Å². The van der Waals surface area contributed by atoms with Crippen molar-refractivity contribution in [2.24, 2.45) is 11.8 Å². The van der Waals surface area contributed by atoms with Crippen LogP contribution in [0.25, 0.3) is 12.2 Å². The SMILES string of the molecule is CC(CO)CNc1nc(NCCS(=O)(=O)[O-])nc(Nc2ccc(/C=C/c3ccc(Nc4nc(NCCS(=O)(=O)[O-])nc(NCC(C)CO)n4)cc3S(=O)(=O)[O-])c(S(=O)(=O)[O-])c2)n1.[Na+].[Na+].[Na+].[Na+]. The van der Waals surface area contributed by atoms with E-state index in [1.165, 1.54) is 24.3 Å². The Bertz CT molecular complexity index is 2530. The van der Waals surface area contributed by atoms with E-state index in [-0.39, 0.29) is 228 Å². The van der Waals surface area contributed by atoms with Crippen LogP contribution < -0.4 is 150 Å². The fourth-order valence-electron chi connectivity index (χ4n) is 4.79. The molecule has 4 aromatic rings. The maximum Gasteiger partial charge on any atom is 1.00 e. The Morgan fingerprint density at radius 3 is 1.11 bits per heavy atom. The van der Waals surface area contributed by atoms with Crippen molar-refractivity contribution in [2.45, 2.75) is 23.6 Å². The number of aromatic nitrogens is 6. The molecule has 0 saturated carbocycles. The molecule has 0 aliphatic rings. The van der Waals surface area contributed by atoms with Gasteiger partial charge in [0.05, 0.1) is 41.5 Å². The molecular weight excluding hydrogens is 997 g/mol. The summed E-state index contributed by atoms with van der Waals surface area (Å²) < 4.78 is 141. The van der Waals surface area contributed by atoms with E-state index in [4.69, 9.17) is 0 Å². The van der Waals surface area contributed by atoms with Crippen molar-refractivity contribution in [1.82, 2.24) is 29.9 Å². The first kappa shape index (κ1) is 64.6. The first-order valence-corrected chi connectivity index (χ1v) is 23.9. The summed E-state index contributed by atoms with van der Waals surface area (Å²) in [4.78, 5) is 23.0. The number of hydrogen-bond acceptors (Lipinski definition) is 26. The van der Waals surface area contributed by atoms with E-state index in [1.807, 2.05) is 0 Å². The van der Waals surface area contributed by atoms with Crippen molar-refractivity contribution >= 4 is 99.7 Å². The second kappa shape index (κ2) is 29.0. The summed E-state index contributed by atoms with van der Waals surface area (Å²) in [6.07, 6.45) is 2.14. The smallest absolute Gasteiger partial charge is 0.748 e. The standard InChI is InChI=1S/C32H44N12O14S4.4Na/c1-19(17-45)15-35-29-39-27(33-9-11-59(47,48)49)41-31(43-29)37-23-7-5-21(25(13-23)61(53,54)55)3-4-22-6-8-24(14-26(22)62(56,57)58)38-32-42-28(34-10-12-60(50,51)52)40-30(44-32)36-16-20(2)18-46;;;;/h3-8,13-14,19-20,45-46H,9-12,15-18H2,1-2H3,(H,47,48,49)(H,50,51,52)(H,53,54,55)(H,56,57,58)(H3,33,35,37,39,41,43)(H3,34,36,38,40,42,44);;;;/q;4*+1/p-4/b4-3+;;;;. The third kappa shape index (κ3) is 23.0. The molecule has 4 rings (SSSR count). The molecule has 0 spiro atoms. The van der Waals surface area contributed by atoms with Crippen LogP contribution >= 0.6 is 0 Å². The Balaban J connectivity index is 0.0000106. The summed E-state index contributed by atoms with van der Waals surface area (Å²) in [5, 5.41) is 34.9. The molecule has 0 amide bonds. The Morgan fingerprint density at radius 2 is 0.818 bits per heavy atom. The monoisotopic (exact) mass is 1040 g/mol. The molecule has 2 aromatic carbocycles. The van der Waals surface area contributed by atoms with E-state index in [0.29, 0.717) is 0 Å². The average Bonchev–Trinajstić information content (AvgIpc) is 3.17. The van der Waals surface area contributed by atoms with E-state index in [0.717, 1.165) is 24.3 Å². The van der Waals surface area contributed by atoms with E-state index in [1.54, 1.807) is 13.8 Å². The molecule has 0 radical (unpaired) electrons. The number of aliphatic hydroxyl groups excluding tert-OH is 2. The zero-order valence-electron chi connectivity index (χ0n) is 36.5. The van der Waals surface area contributed by atoms with E-state index >= 15 is 0 Å². The molecule has 2 unspecified atom stereocenters. The van der Waals surface area contributed by atoms with E-state index in [9.17, 15) is 62.1 Å². The molecule has 340 valence electrons. The Morgan fingerprint density at radius 1 is 0.515 bits per heavy atom. The summed E-state index contributed by atoms with van der Waals surface area (Å²) in [5.41, 5.74) is -0.552. The summed E-state index contributed by atoms with van der Waals surface area (Å²) in [5.74, 6) is -3.07. The minimum absolute atomic E-state index is 0. The fourth-order valence-corrected chi connectivity index (χ4v) is 6.88. The van der Waals surface area contributed by atoms with Gasteiger partial charge in [0.1, 0.15) is 20.2 Å². The van der Waals surface area contributed by atoms with Crippen LogP contribution in [0.1, 0.15) is 25.0 Å². The molecule has 34 heteroatoms.